The van der Waals surface area contributed by atoms with Gasteiger partial charge in [-0.2, -0.15) is 17.5 Å². The van der Waals surface area contributed by atoms with Crippen LogP contribution in [0.2, 0.25) is 0 Å². The van der Waals surface area contributed by atoms with Crippen LogP contribution in [0.25, 0.3) is 0 Å². The highest BCUT2D eigenvalue weighted by atomic mass is 32.2. The molecule has 4 unspecified atom stereocenters. The van der Waals surface area contributed by atoms with E-state index >= 15 is 0 Å². The smallest absolute Gasteiger partial charge is 0.377 e. The van der Waals surface area contributed by atoms with Crippen LogP contribution in [-0.4, -0.2) is 76.4 Å². The van der Waals surface area contributed by atoms with Crippen molar-refractivity contribution in [1.29, 1.82) is 0 Å². The van der Waals surface area contributed by atoms with Crippen LogP contribution >= 0.6 is 0 Å². The van der Waals surface area contributed by atoms with Crippen LogP contribution in [-0.2, 0) is 42.2 Å². The molecule has 1 N–H and O–H groups in total. The fraction of sp³-hybridized carbons (Fsp3) is 0.483. The summed E-state index contributed by atoms with van der Waals surface area (Å²) in [6, 6.07) is 9.57. The van der Waals surface area contributed by atoms with Crippen LogP contribution in [0.3, 0.4) is 0 Å². The molecule has 2 fully saturated rings. The quantitative estimate of drug-likeness (QED) is 0.421. The number of halogens is 3. The van der Waals surface area contributed by atoms with Crippen molar-refractivity contribution in [3.8, 4) is 0 Å². The van der Waals surface area contributed by atoms with Crippen LogP contribution in [0, 0.1) is 0 Å². The molecule has 43 heavy (non-hydrogen) atoms. The first-order valence-corrected chi connectivity index (χ1v) is 16.9. The van der Waals surface area contributed by atoms with E-state index in [4.69, 9.17) is 4.74 Å². The number of morpholine rings is 1. The molecule has 0 saturated carbocycles. The van der Waals surface area contributed by atoms with Gasteiger partial charge in [0.25, 0.3) is 0 Å². The Hall–Kier alpha value is -2.78. The first kappa shape index (κ1) is 33.1. The number of carbonyl (C=O) groups is 1. The van der Waals surface area contributed by atoms with Crippen LogP contribution < -0.4 is 4.72 Å². The second-order valence-corrected chi connectivity index (χ2v) is 14.6. The van der Waals surface area contributed by atoms with Gasteiger partial charge in [0.2, 0.25) is 26.0 Å². The first-order chi connectivity index (χ1) is 20.1. The molecule has 236 valence electrons. The summed E-state index contributed by atoms with van der Waals surface area (Å²) in [6.07, 6.45) is -3.33. The molecule has 0 radical (unpaired) electrons. The lowest BCUT2D eigenvalue weighted by atomic mass is 9.89. The fourth-order valence-corrected chi connectivity index (χ4v) is 7.88. The van der Waals surface area contributed by atoms with Crippen LogP contribution in [0.15, 0.2) is 65.4 Å². The summed E-state index contributed by atoms with van der Waals surface area (Å²) >= 11 is 0. The third kappa shape index (κ3) is 7.66. The second-order valence-electron chi connectivity index (χ2n) is 11.0. The van der Waals surface area contributed by atoms with Crippen molar-refractivity contribution in [2.45, 2.75) is 68.2 Å². The lowest BCUT2D eigenvalue weighted by Crippen LogP contribution is -2.54. The molecule has 14 heteroatoms. The number of carbonyl (C=O) groups excluding carboxylic acids is 1. The number of nitrogens with one attached hydrogen (secondary N) is 1. The molecule has 0 aliphatic carbocycles. The van der Waals surface area contributed by atoms with Crippen LogP contribution in [0.1, 0.15) is 49.3 Å². The number of hydrogen-bond donors (Lipinski definition) is 1. The zero-order valence-electron chi connectivity index (χ0n) is 24.0. The summed E-state index contributed by atoms with van der Waals surface area (Å²) < 4.78 is 99.2. The van der Waals surface area contributed by atoms with Crippen molar-refractivity contribution in [3.63, 3.8) is 0 Å². The Kier molecular flexibility index (Phi) is 10.1. The molecule has 4 atom stereocenters. The van der Waals surface area contributed by atoms with Crippen molar-refractivity contribution in [2.75, 3.05) is 26.3 Å². The van der Waals surface area contributed by atoms with Crippen molar-refractivity contribution in [1.82, 2.24) is 13.9 Å². The summed E-state index contributed by atoms with van der Waals surface area (Å²) in [5.41, 5.74) is 0.256. The van der Waals surface area contributed by atoms with E-state index < -0.39 is 43.7 Å². The van der Waals surface area contributed by atoms with Crippen molar-refractivity contribution in [3.05, 3.63) is 77.2 Å². The highest BCUT2D eigenvalue weighted by Crippen LogP contribution is 2.33. The fourth-order valence-electron chi connectivity index (χ4n) is 5.64. The monoisotopic (exact) mass is 643 g/mol. The normalized spacial score (nSPS) is 22.8. The van der Waals surface area contributed by atoms with Gasteiger partial charge in [0, 0.05) is 24.5 Å². The van der Waals surface area contributed by atoms with E-state index in [0.29, 0.717) is 37.2 Å². The SMILES string of the molecule is C=CS(=O)(=O)NCC1CCCN1S(=O)(=O)c1ccc(C(Cc2ccc(C(F)(F)F)cc2)C(=O)N2C(C)COCC2C)cc1. The number of sulfonamides is 2. The number of amides is 1. The Morgan fingerprint density at radius 3 is 2.21 bits per heavy atom. The predicted octanol–water partition coefficient (Wildman–Crippen LogP) is 3.88. The molecule has 2 aliphatic rings. The number of rotatable bonds is 10. The predicted molar refractivity (Wildman–Crippen MR) is 155 cm³/mol. The van der Waals surface area contributed by atoms with Gasteiger partial charge < -0.3 is 9.64 Å². The van der Waals surface area contributed by atoms with E-state index in [-0.39, 0.29) is 42.4 Å². The Morgan fingerprint density at radius 2 is 1.65 bits per heavy atom. The molecular weight excluding hydrogens is 607 g/mol. The standard InChI is InChI=1S/C29H36F3N3O6S2/c1-4-42(37,38)33-17-25-6-5-15-34(25)43(39,40)26-13-9-23(10-14-26)27(28(36)35-20(2)18-41-19-21(35)3)16-22-7-11-24(12-8-22)29(30,31)32/h4,7-14,20-21,25,27,33H,1,5-6,15-19H2,2-3H3. The summed E-state index contributed by atoms with van der Waals surface area (Å²) in [4.78, 5) is 15.7. The van der Waals surface area contributed by atoms with E-state index in [1.807, 2.05) is 13.8 Å². The minimum Gasteiger partial charge on any atom is -0.377 e. The van der Waals surface area contributed by atoms with Gasteiger partial charge in [0.15, 0.2) is 0 Å². The van der Waals surface area contributed by atoms with E-state index in [2.05, 4.69) is 11.3 Å². The maximum atomic E-state index is 14.0. The summed E-state index contributed by atoms with van der Waals surface area (Å²) in [5.74, 6) is -1.02. The lowest BCUT2D eigenvalue weighted by molar-refractivity contribution is -0.145. The molecule has 0 bridgehead atoms. The average Bonchev–Trinajstić information content (AvgIpc) is 3.44. The van der Waals surface area contributed by atoms with E-state index in [1.165, 1.54) is 28.6 Å². The Balaban J connectivity index is 1.62. The minimum atomic E-state index is -4.49. The second kappa shape index (κ2) is 13.1. The molecular formula is C29H36F3N3O6S2. The third-order valence-corrected chi connectivity index (χ3v) is 10.9. The maximum absolute atomic E-state index is 14.0. The van der Waals surface area contributed by atoms with E-state index in [1.54, 1.807) is 17.0 Å². The highest BCUT2D eigenvalue weighted by Gasteiger charge is 2.38. The van der Waals surface area contributed by atoms with E-state index in [0.717, 1.165) is 17.5 Å². The lowest BCUT2D eigenvalue weighted by Gasteiger charge is -2.40. The third-order valence-electron chi connectivity index (χ3n) is 7.89. The summed E-state index contributed by atoms with van der Waals surface area (Å²) in [7, 11) is -7.71. The number of ether oxygens (including phenoxy) is 1. The Morgan fingerprint density at radius 1 is 1.05 bits per heavy atom. The summed E-state index contributed by atoms with van der Waals surface area (Å²) in [5, 5.41) is 0.764. The molecule has 2 heterocycles. The van der Waals surface area contributed by atoms with E-state index in [9.17, 15) is 34.8 Å². The zero-order chi connectivity index (χ0) is 31.6. The average molecular weight is 644 g/mol. The molecule has 2 aromatic rings. The van der Waals surface area contributed by atoms with Crippen molar-refractivity contribution < 1.29 is 39.5 Å². The van der Waals surface area contributed by atoms with Gasteiger partial charge in [0.05, 0.1) is 41.7 Å². The molecule has 2 saturated heterocycles. The Bertz CT molecular complexity index is 1500. The van der Waals surface area contributed by atoms with Crippen LogP contribution in [0.4, 0.5) is 13.2 Å². The molecule has 2 aliphatic heterocycles. The van der Waals surface area contributed by atoms with Gasteiger partial charge in [-0.25, -0.2) is 21.6 Å². The van der Waals surface area contributed by atoms with Gasteiger partial charge in [-0.15, -0.1) is 0 Å². The van der Waals surface area contributed by atoms with Crippen molar-refractivity contribution in [2.24, 2.45) is 0 Å². The largest absolute Gasteiger partial charge is 0.416 e. The van der Waals surface area contributed by atoms with Gasteiger partial charge in [-0.05, 0) is 68.5 Å². The van der Waals surface area contributed by atoms with Gasteiger partial charge >= 0.3 is 6.18 Å². The maximum Gasteiger partial charge on any atom is 0.416 e. The summed E-state index contributed by atoms with van der Waals surface area (Å²) in [6.45, 7) is 7.80. The van der Waals surface area contributed by atoms with Crippen LogP contribution in [0.5, 0.6) is 0 Å². The molecule has 0 spiro atoms. The first-order valence-electron chi connectivity index (χ1n) is 13.9. The molecule has 4 rings (SSSR count). The van der Waals surface area contributed by atoms with Gasteiger partial charge in [-0.1, -0.05) is 30.8 Å². The van der Waals surface area contributed by atoms with Gasteiger partial charge in [0.1, 0.15) is 0 Å². The Labute approximate surface area is 250 Å². The van der Waals surface area contributed by atoms with Gasteiger partial charge in [-0.3, -0.25) is 4.79 Å². The zero-order valence-corrected chi connectivity index (χ0v) is 25.6. The molecule has 9 nitrogen and oxygen atoms in total. The number of alkyl halides is 3. The molecule has 0 aromatic heterocycles. The van der Waals surface area contributed by atoms with Crippen molar-refractivity contribution >= 4 is 26.0 Å². The highest BCUT2D eigenvalue weighted by molar-refractivity contribution is 7.92. The number of benzene rings is 2. The molecule has 2 aromatic carbocycles. The molecule has 1 amide bonds. The number of hydrogen-bond acceptors (Lipinski definition) is 6. The topological polar surface area (TPSA) is 113 Å². The number of nitrogens with zero attached hydrogens (tertiary/aromatic N) is 2. The minimum absolute atomic E-state index is 0.0106.